The summed E-state index contributed by atoms with van der Waals surface area (Å²) < 4.78 is 22.5. The van der Waals surface area contributed by atoms with Crippen LogP contribution in [0.1, 0.15) is 5.56 Å². The van der Waals surface area contributed by atoms with Gasteiger partial charge in [0, 0.05) is 38.1 Å². The number of benzene rings is 6. The van der Waals surface area contributed by atoms with E-state index >= 15 is 0 Å². The van der Waals surface area contributed by atoms with Gasteiger partial charge >= 0.3 is 33.9 Å². The summed E-state index contributed by atoms with van der Waals surface area (Å²) in [4.78, 5) is 5.18. The number of para-hydroxylation sites is 1. The Labute approximate surface area is 293 Å². The molecule has 6 aromatic rings. The Balaban J connectivity index is 0.00000104. The van der Waals surface area contributed by atoms with Crippen molar-refractivity contribution < 1.29 is 35.0 Å². The summed E-state index contributed by atoms with van der Waals surface area (Å²) >= 11 is 0. The predicted octanol–water partition coefficient (Wildman–Crippen LogP) is 6.84. The molecule has 6 aromatic carbocycles. The average molecular weight is 817 g/mol. The van der Waals surface area contributed by atoms with Gasteiger partial charge in [-0.3, -0.25) is 4.99 Å². The first-order valence-electron chi connectivity index (χ1n) is 14.0. The van der Waals surface area contributed by atoms with Gasteiger partial charge in [0.05, 0.1) is 5.69 Å². The zero-order chi connectivity index (χ0) is 33.0. The summed E-state index contributed by atoms with van der Waals surface area (Å²) in [6, 6.07) is 60.7. The van der Waals surface area contributed by atoms with Gasteiger partial charge in [0.15, 0.2) is 0 Å². The van der Waals surface area contributed by atoms with Crippen molar-refractivity contribution in [3.05, 3.63) is 195 Å². The molecule has 0 atom stereocenters. The van der Waals surface area contributed by atoms with E-state index < -0.39 is 15.8 Å². The molecule has 0 unspecified atom stereocenters. The van der Waals surface area contributed by atoms with Crippen LogP contribution in [-0.2, 0) is 35.0 Å². The summed E-state index contributed by atoms with van der Waals surface area (Å²) in [5, 5.41) is 7.89. The molecule has 0 bridgehead atoms. The molecular weight excluding hydrogens is 788 g/mol. The van der Waals surface area contributed by atoms with Crippen LogP contribution in [0.15, 0.2) is 175 Å². The minimum atomic E-state index is -0.749. The molecule has 0 N–H and O–H groups in total. The van der Waals surface area contributed by atoms with Crippen LogP contribution in [0, 0.1) is 20.0 Å². The maximum atomic E-state index is 7.50. The topological polar surface area (TPSA) is 72.1 Å². The third-order valence-corrected chi connectivity index (χ3v) is 11.7. The van der Waals surface area contributed by atoms with E-state index in [2.05, 4.69) is 196 Å². The Hall–Kier alpha value is -4.24. The molecule has 0 spiro atoms. The van der Waals surface area contributed by atoms with E-state index in [1.807, 2.05) is 0 Å². The fraction of sp³-hybridized carbons (Fsp3) is 0. The molecular formula is C40H29NO3P2W. The fourth-order valence-corrected chi connectivity index (χ4v) is 9.68. The third kappa shape index (κ3) is 10.6. The van der Waals surface area contributed by atoms with Gasteiger partial charge in [-0.2, -0.15) is 0 Å². The smallest absolute Gasteiger partial charge is 0 e. The zero-order valence-corrected chi connectivity index (χ0v) is 29.9. The summed E-state index contributed by atoms with van der Waals surface area (Å²) in [6.07, 6.45) is 2.07. The van der Waals surface area contributed by atoms with Crippen LogP contribution < -0.4 is 31.8 Å². The summed E-state index contributed by atoms with van der Waals surface area (Å²) in [5.74, 6) is 0. The largest absolute Gasteiger partial charge is 0 e. The Kier molecular flexibility index (Phi) is 18.5. The van der Waals surface area contributed by atoms with Crippen LogP contribution in [0.25, 0.3) is 0 Å². The molecule has 0 heterocycles. The zero-order valence-electron chi connectivity index (χ0n) is 25.2. The minimum absolute atomic E-state index is 0. The van der Waals surface area contributed by atoms with E-state index in [-0.39, 0.29) is 21.1 Å². The van der Waals surface area contributed by atoms with Gasteiger partial charge < -0.3 is 0 Å². The standard InChI is InChI=1S/C37H29NP2.3CO.W/c1-5-18-31(19-6-1)39(32-20-7-2-8-21-32)36-27-15-13-17-30(36)29-38-35-26-14-16-28-37(35)40(33-22-9-3-10-23-33)34-24-11-4-12-25-34;3*1-2;/h1-29H;;;;. The van der Waals surface area contributed by atoms with Gasteiger partial charge in [-0.1, -0.05) is 164 Å². The second-order valence-corrected chi connectivity index (χ2v) is 13.7. The number of aliphatic imine (C=N–C) groups is 1. The second kappa shape index (κ2) is 22.3. The van der Waals surface area contributed by atoms with Crippen molar-refractivity contribution in [3.8, 4) is 0 Å². The quantitative estimate of drug-likeness (QED) is 0.0700. The van der Waals surface area contributed by atoms with Crippen molar-refractivity contribution >= 4 is 59.6 Å². The number of hydrogen-bond acceptors (Lipinski definition) is 1. The fourth-order valence-electron chi connectivity index (χ4n) is 4.86. The van der Waals surface area contributed by atoms with Crippen molar-refractivity contribution in [1.29, 1.82) is 0 Å². The maximum absolute atomic E-state index is 7.50. The van der Waals surface area contributed by atoms with Crippen LogP contribution in [-0.4, -0.2) is 6.21 Å². The van der Waals surface area contributed by atoms with Crippen LogP contribution in [0.5, 0.6) is 0 Å². The molecule has 6 rings (SSSR count). The van der Waals surface area contributed by atoms with E-state index in [1.54, 1.807) is 0 Å². The molecule has 228 valence electrons. The monoisotopic (exact) mass is 817 g/mol. The van der Waals surface area contributed by atoms with Crippen molar-refractivity contribution in [3.63, 3.8) is 0 Å². The van der Waals surface area contributed by atoms with Crippen LogP contribution in [0.3, 0.4) is 0 Å². The van der Waals surface area contributed by atoms with Crippen LogP contribution in [0.4, 0.5) is 5.69 Å². The molecule has 4 nitrogen and oxygen atoms in total. The Morgan fingerprint density at radius 3 is 1.09 bits per heavy atom. The molecule has 0 aromatic heterocycles. The predicted molar refractivity (Wildman–Crippen MR) is 189 cm³/mol. The Morgan fingerprint density at radius 2 is 0.681 bits per heavy atom. The second-order valence-electron chi connectivity index (χ2n) is 9.32. The Morgan fingerprint density at radius 1 is 0.383 bits per heavy atom. The van der Waals surface area contributed by atoms with Crippen LogP contribution >= 0.6 is 15.8 Å². The third-order valence-electron chi connectivity index (χ3n) is 6.70. The van der Waals surface area contributed by atoms with Crippen molar-refractivity contribution in [2.75, 3.05) is 0 Å². The number of nitrogens with zero attached hydrogens (tertiary/aromatic N) is 1. The molecule has 0 saturated carbocycles. The van der Waals surface area contributed by atoms with Crippen molar-refractivity contribution in [2.24, 2.45) is 4.99 Å². The summed E-state index contributed by atoms with van der Waals surface area (Å²) in [5.41, 5.74) is 2.17. The van der Waals surface area contributed by atoms with Gasteiger partial charge in [0.2, 0.25) is 0 Å². The summed E-state index contributed by atoms with van der Waals surface area (Å²) in [6.45, 7) is 13.5. The van der Waals surface area contributed by atoms with E-state index in [4.69, 9.17) is 18.9 Å². The summed E-state index contributed by atoms with van der Waals surface area (Å²) in [7, 11) is -1.48. The first-order chi connectivity index (χ1) is 22.9. The molecule has 0 aliphatic rings. The maximum Gasteiger partial charge on any atom is 0 e. The van der Waals surface area contributed by atoms with Crippen molar-refractivity contribution in [1.82, 2.24) is 0 Å². The van der Waals surface area contributed by atoms with E-state index in [9.17, 15) is 0 Å². The molecule has 0 aliphatic carbocycles. The number of hydrogen-bond donors (Lipinski definition) is 0. The van der Waals surface area contributed by atoms with Gasteiger partial charge in [0.1, 0.15) is 0 Å². The molecule has 7 heteroatoms. The minimum Gasteiger partial charge on any atom is 0 e. The van der Waals surface area contributed by atoms with Gasteiger partial charge in [-0.25, -0.2) is 0 Å². The molecule has 0 fully saturated rings. The average Bonchev–Trinajstić information content (AvgIpc) is 3.16. The Bertz CT molecular complexity index is 1630. The normalized spacial score (nSPS) is 9.79. The van der Waals surface area contributed by atoms with Gasteiger partial charge in [0.25, 0.3) is 0 Å². The van der Waals surface area contributed by atoms with Crippen LogP contribution in [0.2, 0.25) is 0 Å². The SMILES string of the molecule is C(=Nc1ccccc1P(c1ccccc1)c1ccccc1)c1ccccc1P(c1ccccc1)c1ccccc1.[C-]#[O+].[C-]#[O+].[C-]#[O+].[W]. The van der Waals surface area contributed by atoms with E-state index in [1.165, 1.54) is 31.8 Å². The van der Waals surface area contributed by atoms with Gasteiger partial charge in [-0.15, -0.1) is 0 Å². The molecule has 47 heavy (non-hydrogen) atoms. The van der Waals surface area contributed by atoms with Crippen molar-refractivity contribution in [2.45, 2.75) is 0 Å². The molecule has 0 radical (unpaired) electrons. The number of rotatable bonds is 8. The first kappa shape index (κ1) is 38.9. The van der Waals surface area contributed by atoms with E-state index in [0.29, 0.717) is 0 Å². The molecule has 0 saturated heterocycles. The molecule has 0 amide bonds. The molecule has 0 aliphatic heterocycles. The first-order valence-corrected chi connectivity index (χ1v) is 16.7. The van der Waals surface area contributed by atoms with E-state index in [0.717, 1.165) is 11.3 Å². The van der Waals surface area contributed by atoms with Gasteiger partial charge in [-0.05, 0) is 48.4 Å².